The van der Waals surface area contributed by atoms with Crippen molar-refractivity contribution in [3.05, 3.63) is 47.8 Å². The molecule has 0 atom stereocenters. The zero-order valence-electron chi connectivity index (χ0n) is 10.3. The van der Waals surface area contributed by atoms with Crippen LogP contribution in [0.4, 0.5) is 0 Å². The van der Waals surface area contributed by atoms with E-state index in [4.69, 9.17) is 21.1 Å². The first-order chi connectivity index (χ1) is 8.72. The molecular weight excluding hydrogens is 250 g/mol. The van der Waals surface area contributed by atoms with E-state index in [1.807, 2.05) is 37.3 Å². The molecule has 3 nitrogen and oxygen atoms in total. The fourth-order valence-corrected chi connectivity index (χ4v) is 1.75. The Labute approximate surface area is 111 Å². The minimum absolute atomic E-state index is 0.368. The Kier molecular flexibility index (Phi) is 4.05. The average molecular weight is 264 g/mol. The predicted molar refractivity (Wildman–Crippen MR) is 71.6 cm³/mol. The monoisotopic (exact) mass is 263 g/mol. The summed E-state index contributed by atoms with van der Waals surface area (Å²) < 4.78 is 11.0. The SMILES string of the molecule is COc1cccc(Oc2cc(C)ncc2CCl)c1. The van der Waals surface area contributed by atoms with Gasteiger partial charge >= 0.3 is 0 Å². The quantitative estimate of drug-likeness (QED) is 0.783. The Hall–Kier alpha value is -1.74. The molecule has 4 heteroatoms. The van der Waals surface area contributed by atoms with Crippen molar-refractivity contribution in [3.8, 4) is 17.2 Å². The Morgan fingerprint density at radius 1 is 1.22 bits per heavy atom. The van der Waals surface area contributed by atoms with Gasteiger partial charge in [0.05, 0.1) is 13.0 Å². The van der Waals surface area contributed by atoms with Crippen LogP contribution in [-0.2, 0) is 5.88 Å². The molecule has 0 saturated carbocycles. The van der Waals surface area contributed by atoms with Crippen molar-refractivity contribution in [2.24, 2.45) is 0 Å². The number of ether oxygens (including phenoxy) is 2. The summed E-state index contributed by atoms with van der Waals surface area (Å²) in [5, 5.41) is 0. The van der Waals surface area contributed by atoms with Crippen LogP contribution in [0, 0.1) is 6.92 Å². The molecule has 1 heterocycles. The molecule has 2 aromatic rings. The van der Waals surface area contributed by atoms with Crippen LogP contribution in [0.5, 0.6) is 17.2 Å². The minimum atomic E-state index is 0.368. The van der Waals surface area contributed by atoms with Crippen molar-refractivity contribution >= 4 is 11.6 Å². The van der Waals surface area contributed by atoms with Crippen LogP contribution in [0.2, 0.25) is 0 Å². The van der Waals surface area contributed by atoms with Crippen molar-refractivity contribution in [1.82, 2.24) is 4.98 Å². The molecule has 0 bridgehead atoms. The third-order valence-electron chi connectivity index (χ3n) is 2.49. The van der Waals surface area contributed by atoms with Crippen molar-refractivity contribution in [3.63, 3.8) is 0 Å². The van der Waals surface area contributed by atoms with E-state index in [-0.39, 0.29) is 0 Å². The van der Waals surface area contributed by atoms with Crippen molar-refractivity contribution in [2.45, 2.75) is 12.8 Å². The van der Waals surface area contributed by atoms with E-state index in [0.717, 1.165) is 22.8 Å². The number of hydrogen-bond acceptors (Lipinski definition) is 3. The number of rotatable bonds is 4. The summed E-state index contributed by atoms with van der Waals surface area (Å²) in [6, 6.07) is 9.32. The molecule has 1 aromatic heterocycles. The Balaban J connectivity index is 2.29. The standard InChI is InChI=1S/C14H14ClNO2/c1-10-6-14(11(8-15)9-16-10)18-13-5-3-4-12(7-13)17-2/h3-7,9H,8H2,1-2H3. The normalized spacial score (nSPS) is 10.2. The molecule has 0 fully saturated rings. The molecule has 0 amide bonds. The fraction of sp³-hybridized carbons (Fsp3) is 0.214. The smallest absolute Gasteiger partial charge is 0.135 e. The summed E-state index contributed by atoms with van der Waals surface area (Å²) in [5.41, 5.74) is 1.76. The van der Waals surface area contributed by atoms with Crippen molar-refractivity contribution < 1.29 is 9.47 Å². The van der Waals surface area contributed by atoms with Crippen LogP contribution in [0.3, 0.4) is 0 Å². The van der Waals surface area contributed by atoms with Gasteiger partial charge in [-0.1, -0.05) is 6.07 Å². The van der Waals surface area contributed by atoms with Crippen molar-refractivity contribution in [1.29, 1.82) is 0 Å². The highest BCUT2D eigenvalue weighted by molar-refractivity contribution is 6.17. The van der Waals surface area contributed by atoms with E-state index >= 15 is 0 Å². The Morgan fingerprint density at radius 3 is 2.72 bits per heavy atom. The number of nitrogens with zero attached hydrogens (tertiary/aromatic N) is 1. The maximum atomic E-state index is 5.86. The molecule has 1 aromatic carbocycles. The summed E-state index contributed by atoms with van der Waals surface area (Å²) in [6.45, 7) is 1.91. The van der Waals surface area contributed by atoms with E-state index in [1.165, 1.54) is 0 Å². The Morgan fingerprint density at radius 2 is 2.00 bits per heavy atom. The van der Waals surface area contributed by atoms with E-state index < -0.39 is 0 Å². The number of hydrogen-bond donors (Lipinski definition) is 0. The summed E-state index contributed by atoms with van der Waals surface area (Å²) in [6.07, 6.45) is 1.73. The molecule has 0 aliphatic carbocycles. The van der Waals surface area contributed by atoms with Gasteiger partial charge in [-0.25, -0.2) is 0 Å². The van der Waals surface area contributed by atoms with Gasteiger partial charge in [0.25, 0.3) is 0 Å². The number of halogens is 1. The highest BCUT2D eigenvalue weighted by Crippen LogP contribution is 2.28. The van der Waals surface area contributed by atoms with Gasteiger partial charge in [0.1, 0.15) is 17.2 Å². The third kappa shape index (κ3) is 2.93. The summed E-state index contributed by atoms with van der Waals surface area (Å²) in [7, 11) is 1.62. The molecule has 0 aliphatic rings. The molecule has 0 N–H and O–H groups in total. The second-order valence-electron chi connectivity index (χ2n) is 3.85. The zero-order valence-corrected chi connectivity index (χ0v) is 11.1. The Bertz CT molecular complexity index is 543. The van der Waals surface area contributed by atoms with Crippen LogP contribution in [0.1, 0.15) is 11.3 Å². The molecule has 0 spiro atoms. The van der Waals surface area contributed by atoms with Crippen LogP contribution >= 0.6 is 11.6 Å². The lowest BCUT2D eigenvalue weighted by atomic mass is 10.2. The van der Waals surface area contributed by atoms with E-state index in [9.17, 15) is 0 Å². The highest BCUT2D eigenvalue weighted by atomic mass is 35.5. The number of aromatic nitrogens is 1. The molecule has 18 heavy (non-hydrogen) atoms. The number of methoxy groups -OCH3 is 1. The maximum absolute atomic E-state index is 5.86. The predicted octanol–water partition coefficient (Wildman–Crippen LogP) is 3.93. The minimum Gasteiger partial charge on any atom is -0.497 e. The first kappa shape index (κ1) is 12.7. The summed E-state index contributed by atoms with van der Waals surface area (Å²) in [5.74, 6) is 2.56. The van der Waals surface area contributed by atoms with Crippen molar-refractivity contribution in [2.75, 3.05) is 7.11 Å². The van der Waals surface area contributed by atoms with Crippen LogP contribution < -0.4 is 9.47 Å². The largest absolute Gasteiger partial charge is 0.497 e. The van der Waals surface area contributed by atoms with Gasteiger partial charge < -0.3 is 9.47 Å². The summed E-state index contributed by atoms with van der Waals surface area (Å²) in [4.78, 5) is 4.20. The second kappa shape index (κ2) is 5.74. The van der Waals surface area contributed by atoms with Crippen LogP contribution in [0.15, 0.2) is 36.5 Å². The number of pyridine rings is 1. The van der Waals surface area contributed by atoms with Gasteiger partial charge in [0.2, 0.25) is 0 Å². The lowest BCUT2D eigenvalue weighted by Crippen LogP contribution is -1.93. The van der Waals surface area contributed by atoms with Gasteiger partial charge in [-0.2, -0.15) is 0 Å². The maximum Gasteiger partial charge on any atom is 0.135 e. The number of benzene rings is 1. The lowest BCUT2D eigenvalue weighted by Gasteiger charge is -2.10. The highest BCUT2D eigenvalue weighted by Gasteiger charge is 2.06. The average Bonchev–Trinajstić information content (AvgIpc) is 2.39. The number of alkyl halides is 1. The first-order valence-electron chi connectivity index (χ1n) is 5.56. The number of aryl methyl sites for hydroxylation is 1. The second-order valence-corrected chi connectivity index (χ2v) is 4.12. The molecule has 0 radical (unpaired) electrons. The van der Waals surface area contributed by atoms with Gasteiger partial charge in [0, 0.05) is 29.6 Å². The molecule has 2 rings (SSSR count). The third-order valence-corrected chi connectivity index (χ3v) is 2.78. The molecule has 0 saturated heterocycles. The van der Waals surface area contributed by atoms with Gasteiger partial charge in [-0.15, -0.1) is 11.6 Å². The van der Waals surface area contributed by atoms with Gasteiger partial charge in [-0.05, 0) is 19.1 Å². The van der Waals surface area contributed by atoms with Crippen LogP contribution in [-0.4, -0.2) is 12.1 Å². The topological polar surface area (TPSA) is 31.4 Å². The molecular formula is C14H14ClNO2. The van der Waals surface area contributed by atoms with Gasteiger partial charge in [0.15, 0.2) is 0 Å². The van der Waals surface area contributed by atoms with E-state index in [1.54, 1.807) is 13.3 Å². The van der Waals surface area contributed by atoms with Gasteiger partial charge in [-0.3, -0.25) is 4.98 Å². The summed E-state index contributed by atoms with van der Waals surface area (Å²) >= 11 is 5.86. The molecule has 94 valence electrons. The van der Waals surface area contributed by atoms with E-state index in [2.05, 4.69) is 4.98 Å². The van der Waals surface area contributed by atoms with E-state index in [0.29, 0.717) is 11.6 Å². The van der Waals surface area contributed by atoms with Crippen LogP contribution in [0.25, 0.3) is 0 Å². The zero-order chi connectivity index (χ0) is 13.0. The molecule has 0 aliphatic heterocycles. The lowest BCUT2D eigenvalue weighted by molar-refractivity contribution is 0.408. The fourth-order valence-electron chi connectivity index (χ4n) is 1.55. The first-order valence-corrected chi connectivity index (χ1v) is 6.10. The molecule has 0 unspecified atom stereocenters.